The molecule has 0 aliphatic carbocycles. The number of hydrogen-bond acceptors (Lipinski definition) is 5. The fourth-order valence-corrected chi connectivity index (χ4v) is 3.44. The SMILES string of the molecule is CO[C@]1(c2ccc3ccccc3c2)C[C@@H](OC(C)(C)C)C=C(COC(C)=O)O1. The average molecular weight is 384 g/mol. The Morgan fingerprint density at radius 2 is 1.89 bits per heavy atom. The molecule has 0 aromatic heterocycles. The van der Waals surface area contributed by atoms with E-state index in [1.54, 1.807) is 7.11 Å². The predicted molar refractivity (Wildman–Crippen MR) is 108 cm³/mol. The molecule has 5 nitrogen and oxygen atoms in total. The van der Waals surface area contributed by atoms with Crippen molar-refractivity contribution in [3.05, 3.63) is 59.9 Å². The standard InChI is InChI=1S/C23H28O5/c1-16(24)26-15-21-13-20(27-22(2,3)4)14-23(25-5,28-21)19-11-10-17-8-6-7-9-18(17)12-19/h6-13,20H,14-15H2,1-5H3/t20-,23+/m0/s1. The first-order chi connectivity index (χ1) is 13.2. The first-order valence-corrected chi connectivity index (χ1v) is 9.46. The number of hydrogen-bond donors (Lipinski definition) is 0. The van der Waals surface area contributed by atoms with E-state index in [1.807, 2.05) is 45.0 Å². The number of ether oxygens (including phenoxy) is 4. The van der Waals surface area contributed by atoms with E-state index in [-0.39, 0.29) is 24.3 Å². The van der Waals surface area contributed by atoms with Crippen LogP contribution in [0.5, 0.6) is 0 Å². The quantitative estimate of drug-likeness (QED) is 0.700. The van der Waals surface area contributed by atoms with E-state index in [0.29, 0.717) is 12.2 Å². The molecule has 1 aliphatic rings. The summed E-state index contributed by atoms with van der Waals surface area (Å²) in [6.45, 7) is 7.43. The first kappa shape index (κ1) is 20.4. The maximum atomic E-state index is 11.3. The summed E-state index contributed by atoms with van der Waals surface area (Å²) in [7, 11) is 1.62. The van der Waals surface area contributed by atoms with Crippen LogP contribution in [0.25, 0.3) is 10.8 Å². The lowest BCUT2D eigenvalue weighted by Gasteiger charge is -2.41. The molecule has 150 valence electrons. The third-order valence-electron chi connectivity index (χ3n) is 4.58. The molecule has 0 saturated carbocycles. The minimum Gasteiger partial charge on any atom is -0.459 e. The van der Waals surface area contributed by atoms with Crippen LogP contribution in [0.1, 0.15) is 39.7 Å². The lowest BCUT2D eigenvalue weighted by molar-refractivity contribution is -0.244. The van der Waals surface area contributed by atoms with Crippen LogP contribution in [0.15, 0.2) is 54.3 Å². The largest absolute Gasteiger partial charge is 0.459 e. The Kier molecular flexibility index (Phi) is 5.77. The topological polar surface area (TPSA) is 54.0 Å². The molecular formula is C23H28O5. The van der Waals surface area contributed by atoms with Crippen molar-refractivity contribution in [3.63, 3.8) is 0 Å². The van der Waals surface area contributed by atoms with Crippen molar-refractivity contribution in [3.8, 4) is 0 Å². The Morgan fingerprint density at radius 1 is 1.18 bits per heavy atom. The molecule has 0 saturated heterocycles. The second kappa shape index (κ2) is 7.94. The van der Waals surface area contributed by atoms with Crippen molar-refractivity contribution in [2.45, 2.75) is 51.6 Å². The summed E-state index contributed by atoms with van der Waals surface area (Å²) in [5.41, 5.74) is 0.554. The average Bonchev–Trinajstić information content (AvgIpc) is 2.64. The van der Waals surface area contributed by atoms with Gasteiger partial charge in [-0.2, -0.15) is 0 Å². The van der Waals surface area contributed by atoms with Crippen LogP contribution in [0.3, 0.4) is 0 Å². The highest BCUT2D eigenvalue weighted by Crippen LogP contribution is 2.40. The van der Waals surface area contributed by atoms with Crippen LogP contribution in [0.4, 0.5) is 0 Å². The third-order valence-corrected chi connectivity index (χ3v) is 4.58. The van der Waals surface area contributed by atoms with Gasteiger partial charge in [-0.25, -0.2) is 0 Å². The van der Waals surface area contributed by atoms with Crippen LogP contribution in [0.2, 0.25) is 0 Å². The van der Waals surface area contributed by atoms with Gasteiger partial charge in [0.05, 0.1) is 11.7 Å². The van der Waals surface area contributed by atoms with Crippen LogP contribution < -0.4 is 0 Å². The number of esters is 1. The fourth-order valence-electron chi connectivity index (χ4n) is 3.44. The second-order valence-electron chi connectivity index (χ2n) is 8.01. The van der Waals surface area contributed by atoms with Gasteiger partial charge < -0.3 is 18.9 Å². The molecule has 0 N–H and O–H groups in total. The molecule has 2 aromatic rings. The van der Waals surface area contributed by atoms with E-state index in [1.165, 1.54) is 6.92 Å². The monoisotopic (exact) mass is 384 g/mol. The molecule has 1 heterocycles. The summed E-state index contributed by atoms with van der Waals surface area (Å²) in [6, 6.07) is 14.3. The zero-order chi connectivity index (χ0) is 20.4. The predicted octanol–water partition coefficient (Wildman–Crippen LogP) is 4.69. The molecule has 3 rings (SSSR count). The number of fused-ring (bicyclic) bond motifs is 1. The van der Waals surface area contributed by atoms with E-state index in [4.69, 9.17) is 18.9 Å². The zero-order valence-corrected chi connectivity index (χ0v) is 17.2. The molecule has 0 unspecified atom stereocenters. The van der Waals surface area contributed by atoms with Crippen molar-refractivity contribution in [2.75, 3.05) is 13.7 Å². The molecule has 0 bridgehead atoms. The molecule has 28 heavy (non-hydrogen) atoms. The summed E-state index contributed by atoms with van der Waals surface area (Å²) in [5, 5.41) is 2.25. The molecular weight excluding hydrogens is 356 g/mol. The van der Waals surface area contributed by atoms with E-state index in [9.17, 15) is 4.79 Å². The van der Waals surface area contributed by atoms with Crippen molar-refractivity contribution in [1.82, 2.24) is 0 Å². The van der Waals surface area contributed by atoms with Gasteiger partial charge in [0.2, 0.25) is 5.79 Å². The maximum absolute atomic E-state index is 11.3. The highest BCUT2D eigenvalue weighted by molar-refractivity contribution is 5.83. The molecule has 2 aromatic carbocycles. The van der Waals surface area contributed by atoms with Gasteiger partial charge in [0.25, 0.3) is 0 Å². The summed E-state index contributed by atoms with van der Waals surface area (Å²) < 4.78 is 23.5. The highest BCUT2D eigenvalue weighted by atomic mass is 16.7. The zero-order valence-electron chi connectivity index (χ0n) is 17.2. The van der Waals surface area contributed by atoms with Crippen LogP contribution >= 0.6 is 0 Å². The van der Waals surface area contributed by atoms with Crippen molar-refractivity contribution >= 4 is 16.7 Å². The Morgan fingerprint density at radius 3 is 2.54 bits per heavy atom. The number of carbonyl (C=O) groups excluding carboxylic acids is 1. The minimum atomic E-state index is -1.02. The van der Waals surface area contributed by atoms with Crippen molar-refractivity contribution in [1.29, 1.82) is 0 Å². The van der Waals surface area contributed by atoms with Crippen LogP contribution in [0, 0.1) is 0 Å². The first-order valence-electron chi connectivity index (χ1n) is 9.46. The van der Waals surface area contributed by atoms with E-state index in [0.717, 1.165) is 16.3 Å². The Balaban J connectivity index is 1.99. The summed E-state index contributed by atoms with van der Waals surface area (Å²) in [6.07, 6.45) is 2.11. The number of rotatable bonds is 5. The normalized spacial score (nSPS) is 22.5. The third kappa shape index (κ3) is 4.72. The van der Waals surface area contributed by atoms with Crippen molar-refractivity contribution < 1.29 is 23.7 Å². The molecule has 0 spiro atoms. The van der Waals surface area contributed by atoms with Crippen LogP contribution in [-0.2, 0) is 29.5 Å². The van der Waals surface area contributed by atoms with E-state index in [2.05, 4.69) is 24.3 Å². The minimum absolute atomic E-state index is 0.0397. The van der Waals surface area contributed by atoms with Gasteiger partial charge in [-0.1, -0.05) is 36.4 Å². The van der Waals surface area contributed by atoms with Gasteiger partial charge in [0.15, 0.2) is 0 Å². The molecule has 0 fully saturated rings. The summed E-state index contributed by atoms with van der Waals surface area (Å²) >= 11 is 0. The van der Waals surface area contributed by atoms with Gasteiger partial charge in [-0.15, -0.1) is 0 Å². The number of benzene rings is 2. The Labute approximate surface area is 166 Å². The van der Waals surface area contributed by atoms with E-state index < -0.39 is 5.79 Å². The Hall–Kier alpha value is -2.37. The smallest absolute Gasteiger partial charge is 0.303 e. The molecule has 0 radical (unpaired) electrons. The van der Waals surface area contributed by atoms with Gasteiger partial charge >= 0.3 is 5.97 Å². The second-order valence-corrected chi connectivity index (χ2v) is 8.01. The van der Waals surface area contributed by atoms with Gasteiger partial charge in [0, 0.05) is 26.0 Å². The van der Waals surface area contributed by atoms with Crippen molar-refractivity contribution in [2.24, 2.45) is 0 Å². The molecule has 2 atom stereocenters. The number of methoxy groups -OCH3 is 1. The summed E-state index contributed by atoms with van der Waals surface area (Å²) in [4.78, 5) is 11.3. The van der Waals surface area contributed by atoms with Gasteiger partial charge in [-0.05, 0) is 43.7 Å². The molecule has 0 amide bonds. The van der Waals surface area contributed by atoms with Gasteiger partial charge in [0.1, 0.15) is 12.4 Å². The van der Waals surface area contributed by atoms with Gasteiger partial charge in [-0.3, -0.25) is 4.79 Å². The fraction of sp³-hybridized carbons (Fsp3) is 0.435. The molecule has 5 heteroatoms. The lowest BCUT2D eigenvalue weighted by atomic mass is 9.93. The number of carbonyl (C=O) groups is 1. The van der Waals surface area contributed by atoms with Crippen LogP contribution in [-0.4, -0.2) is 31.4 Å². The lowest BCUT2D eigenvalue weighted by Crippen LogP contribution is -2.42. The maximum Gasteiger partial charge on any atom is 0.303 e. The Bertz CT molecular complexity index is 880. The van der Waals surface area contributed by atoms with E-state index >= 15 is 0 Å². The molecule has 1 aliphatic heterocycles. The summed E-state index contributed by atoms with van der Waals surface area (Å²) in [5.74, 6) is -0.868. The highest BCUT2D eigenvalue weighted by Gasteiger charge is 2.42.